The highest BCUT2D eigenvalue weighted by Crippen LogP contribution is 2.26. The molecule has 0 aliphatic heterocycles. The molecule has 14 heavy (non-hydrogen) atoms. The number of rotatable bonds is 4. The highest BCUT2D eigenvalue weighted by molar-refractivity contribution is 5.14. The molecular weight excluding hydrogens is 193 g/mol. The molecule has 82 valence electrons. The first-order chi connectivity index (χ1) is 6.38. The SMILES string of the molecule is CCCOC(=CC=C(C)C)C(F)(F)F. The van der Waals surface area contributed by atoms with Gasteiger partial charge >= 0.3 is 6.18 Å². The molecule has 0 aromatic carbocycles. The van der Waals surface area contributed by atoms with E-state index < -0.39 is 11.9 Å². The summed E-state index contributed by atoms with van der Waals surface area (Å²) >= 11 is 0. The molecule has 0 aliphatic rings. The van der Waals surface area contributed by atoms with Crippen molar-refractivity contribution in [3.63, 3.8) is 0 Å². The second kappa shape index (κ2) is 5.73. The van der Waals surface area contributed by atoms with Gasteiger partial charge in [0.2, 0.25) is 5.76 Å². The maximum absolute atomic E-state index is 12.3. The maximum atomic E-state index is 12.3. The average molecular weight is 208 g/mol. The molecule has 0 spiro atoms. The van der Waals surface area contributed by atoms with Gasteiger partial charge < -0.3 is 4.74 Å². The molecule has 0 amide bonds. The van der Waals surface area contributed by atoms with Crippen LogP contribution in [0.25, 0.3) is 0 Å². The Hall–Kier alpha value is -0.930. The molecule has 0 aromatic rings. The lowest BCUT2D eigenvalue weighted by atomic mass is 10.3. The Morgan fingerprint density at radius 3 is 2.14 bits per heavy atom. The highest BCUT2D eigenvalue weighted by atomic mass is 19.4. The van der Waals surface area contributed by atoms with Crippen molar-refractivity contribution in [1.82, 2.24) is 0 Å². The van der Waals surface area contributed by atoms with Crippen molar-refractivity contribution in [2.45, 2.75) is 33.4 Å². The van der Waals surface area contributed by atoms with E-state index >= 15 is 0 Å². The molecule has 0 saturated carbocycles. The van der Waals surface area contributed by atoms with Gasteiger partial charge in [-0.2, -0.15) is 13.2 Å². The average Bonchev–Trinajstić information content (AvgIpc) is 2.01. The van der Waals surface area contributed by atoms with Crippen molar-refractivity contribution >= 4 is 0 Å². The third-order valence-corrected chi connectivity index (χ3v) is 1.31. The van der Waals surface area contributed by atoms with Gasteiger partial charge in [0.15, 0.2) is 0 Å². The minimum absolute atomic E-state index is 0.0853. The van der Waals surface area contributed by atoms with Gasteiger partial charge in [-0.3, -0.25) is 0 Å². The summed E-state index contributed by atoms with van der Waals surface area (Å²) in [7, 11) is 0. The Balaban J connectivity index is 4.56. The molecule has 1 nitrogen and oxygen atoms in total. The summed E-state index contributed by atoms with van der Waals surface area (Å²) in [5, 5.41) is 0. The van der Waals surface area contributed by atoms with Crippen LogP contribution in [0.1, 0.15) is 27.2 Å². The first-order valence-electron chi connectivity index (χ1n) is 4.43. The zero-order valence-corrected chi connectivity index (χ0v) is 8.61. The molecule has 0 bridgehead atoms. The van der Waals surface area contributed by atoms with Crippen LogP contribution in [0.4, 0.5) is 13.2 Å². The molecule has 0 radical (unpaired) electrons. The molecule has 0 saturated heterocycles. The van der Waals surface area contributed by atoms with Gasteiger partial charge in [-0.1, -0.05) is 18.6 Å². The fourth-order valence-corrected chi connectivity index (χ4v) is 0.679. The van der Waals surface area contributed by atoms with E-state index in [9.17, 15) is 13.2 Å². The first-order valence-corrected chi connectivity index (χ1v) is 4.43. The summed E-state index contributed by atoms with van der Waals surface area (Å²) in [5.41, 5.74) is 0.798. The van der Waals surface area contributed by atoms with Crippen LogP contribution in [0.15, 0.2) is 23.5 Å². The van der Waals surface area contributed by atoms with Crippen LogP contribution in [0.2, 0.25) is 0 Å². The monoisotopic (exact) mass is 208 g/mol. The number of alkyl halides is 3. The van der Waals surface area contributed by atoms with Crippen LogP contribution in [0, 0.1) is 0 Å². The molecule has 0 aromatic heterocycles. The van der Waals surface area contributed by atoms with E-state index in [2.05, 4.69) is 4.74 Å². The third kappa shape index (κ3) is 5.67. The lowest BCUT2D eigenvalue weighted by molar-refractivity contribution is -0.130. The number of hydrogen-bond donors (Lipinski definition) is 0. The summed E-state index contributed by atoms with van der Waals surface area (Å²) in [6, 6.07) is 0. The zero-order valence-electron chi connectivity index (χ0n) is 8.61. The van der Waals surface area contributed by atoms with Crippen LogP contribution in [0.5, 0.6) is 0 Å². The van der Waals surface area contributed by atoms with Crippen molar-refractivity contribution in [2.24, 2.45) is 0 Å². The molecule has 0 fully saturated rings. The van der Waals surface area contributed by atoms with Crippen LogP contribution in [-0.4, -0.2) is 12.8 Å². The van der Waals surface area contributed by atoms with E-state index in [0.29, 0.717) is 6.42 Å². The lowest BCUT2D eigenvalue weighted by Gasteiger charge is -2.11. The summed E-state index contributed by atoms with van der Waals surface area (Å²) in [6.07, 6.45) is -1.49. The zero-order chi connectivity index (χ0) is 11.2. The van der Waals surface area contributed by atoms with Gasteiger partial charge in [-0.05, 0) is 26.3 Å². The second-order valence-corrected chi connectivity index (χ2v) is 3.12. The normalized spacial score (nSPS) is 12.6. The van der Waals surface area contributed by atoms with E-state index in [4.69, 9.17) is 0 Å². The summed E-state index contributed by atoms with van der Waals surface area (Å²) in [6.45, 7) is 5.30. The minimum atomic E-state index is -4.40. The number of allylic oxidation sites excluding steroid dienone is 4. The van der Waals surface area contributed by atoms with E-state index in [1.54, 1.807) is 20.8 Å². The predicted molar refractivity (Wildman–Crippen MR) is 49.8 cm³/mol. The third-order valence-electron chi connectivity index (χ3n) is 1.31. The van der Waals surface area contributed by atoms with Gasteiger partial charge in [0.05, 0.1) is 6.61 Å². The number of halogens is 3. The Labute approximate surface area is 82.3 Å². The molecule has 0 rings (SSSR count). The lowest BCUT2D eigenvalue weighted by Crippen LogP contribution is -2.15. The molecule has 0 heterocycles. The quantitative estimate of drug-likeness (QED) is 0.504. The fraction of sp³-hybridized carbons (Fsp3) is 0.600. The minimum Gasteiger partial charge on any atom is -0.489 e. The molecule has 0 atom stereocenters. The Kier molecular flexibility index (Phi) is 5.35. The highest BCUT2D eigenvalue weighted by Gasteiger charge is 2.35. The Morgan fingerprint density at radius 1 is 1.21 bits per heavy atom. The largest absolute Gasteiger partial charge is 0.489 e. The Morgan fingerprint density at radius 2 is 1.79 bits per heavy atom. The van der Waals surface area contributed by atoms with Crippen molar-refractivity contribution in [3.8, 4) is 0 Å². The molecule has 0 aliphatic carbocycles. The molecule has 4 heteroatoms. The smallest absolute Gasteiger partial charge is 0.448 e. The van der Waals surface area contributed by atoms with Crippen LogP contribution in [-0.2, 0) is 4.74 Å². The van der Waals surface area contributed by atoms with Gasteiger partial charge in [0, 0.05) is 0 Å². The van der Waals surface area contributed by atoms with E-state index in [1.807, 2.05) is 0 Å². The van der Waals surface area contributed by atoms with Crippen molar-refractivity contribution in [2.75, 3.05) is 6.61 Å². The van der Waals surface area contributed by atoms with Crippen molar-refractivity contribution < 1.29 is 17.9 Å². The molecule has 0 N–H and O–H groups in total. The summed E-state index contributed by atoms with van der Waals surface area (Å²) < 4.78 is 41.4. The van der Waals surface area contributed by atoms with E-state index in [-0.39, 0.29) is 6.61 Å². The van der Waals surface area contributed by atoms with Crippen LogP contribution in [0.3, 0.4) is 0 Å². The van der Waals surface area contributed by atoms with Gasteiger partial charge in [0.1, 0.15) is 0 Å². The standard InChI is InChI=1S/C10H15F3O/c1-4-7-14-9(10(11,12)13)6-5-8(2)3/h5-6H,4,7H2,1-3H3. The van der Waals surface area contributed by atoms with E-state index in [1.165, 1.54) is 6.08 Å². The van der Waals surface area contributed by atoms with Crippen LogP contribution >= 0.6 is 0 Å². The van der Waals surface area contributed by atoms with Crippen molar-refractivity contribution in [3.05, 3.63) is 23.5 Å². The fourth-order valence-electron chi connectivity index (χ4n) is 0.679. The number of ether oxygens (including phenoxy) is 1. The van der Waals surface area contributed by atoms with Crippen molar-refractivity contribution in [1.29, 1.82) is 0 Å². The predicted octanol–water partition coefficient (Wildman–Crippen LogP) is 3.83. The summed E-state index contributed by atoms with van der Waals surface area (Å²) in [5.74, 6) is -0.930. The Bertz CT molecular complexity index is 222. The topological polar surface area (TPSA) is 9.23 Å². The molecular formula is C10H15F3O. The summed E-state index contributed by atoms with van der Waals surface area (Å²) in [4.78, 5) is 0. The number of hydrogen-bond acceptors (Lipinski definition) is 1. The van der Waals surface area contributed by atoms with Crippen LogP contribution < -0.4 is 0 Å². The van der Waals surface area contributed by atoms with Gasteiger partial charge in [-0.25, -0.2) is 0 Å². The van der Waals surface area contributed by atoms with E-state index in [0.717, 1.165) is 11.6 Å². The molecule has 0 unspecified atom stereocenters. The second-order valence-electron chi connectivity index (χ2n) is 3.12. The first kappa shape index (κ1) is 13.1. The van der Waals surface area contributed by atoms with Gasteiger partial charge in [-0.15, -0.1) is 0 Å². The van der Waals surface area contributed by atoms with Gasteiger partial charge in [0.25, 0.3) is 0 Å². The maximum Gasteiger partial charge on any atom is 0.448 e.